The van der Waals surface area contributed by atoms with Gasteiger partial charge in [0.2, 0.25) is 0 Å². The predicted octanol–water partition coefficient (Wildman–Crippen LogP) is 0.509. The monoisotopic (exact) mass is 230 g/mol. The van der Waals surface area contributed by atoms with Crippen LogP contribution in [0, 0.1) is 0 Å². The summed E-state index contributed by atoms with van der Waals surface area (Å²) in [5.74, 6) is -0.151. The minimum absolute atomic E-state index is 0.151. The number of rotatable bonds is 6. The van der Waals surface area contributed by atoms with Crippen molar-refractivity contribution < 1.29 is 14.3 Å². The number of nitrogens with zero attached hydrogens (tertiary/aromatic N) is 2. The summed E-state index contributed by atoms with van der Waals surface area (Å²) in [7, 11) is 0. The van der Waals surface area contributed by atoms with Crippen molar-refractivity contribution in [3.63, 3.8) is 0 Å². The van der Waals surface area contributed by atoms with Crippen molar-refractivity contribution in [3.8, 4) is 0 Å². The van der Waals surface area contributed by atoms with E-state index in [-0.39, 0.29) is 5.97 Å². The summed E-state index contributed by atoms with van der Waals surface area (Å²) in [6.45, 7) is 8.82. The Balaban J connectivity index is 2.41. The lowest BCUT2D eigenvalue weighted by atomic mass is 10.4. The van der Waals surface area contributed by atoms with Crippen LogP contribution < -0.4 is 0 Å². The smallest absolute Gasteiger partial charge is 0.321 e. The van der Waals surface area contributed by atoms with Crippen LogP contribution in [0.1, 0.15) is 20.3 Å². The Kier molecular flexibility index (Phi) is 6.37. The molecule has 5 nitrogen and oxygen atoms in total. The molecule has 1 saturated heterocycles. The molecule has 16 heavy (non-hydrogen) atoms. The molecule has 1 aliphatic rings. The second-order valence-electron chi connectivity index (χ2n) is 3.76. The molecule has 0 spiro atoms. The van der Waals surface area contributed by atoms with E-state index in [0.717, 1.165) is 39.3 Å². The number of hydrogen-bond acceptors (Lipinski definition) is 5. The molecule has 0 aromatic carbocycles. The molecule has 1 rings (SSSR count). The summed E-state index contributed by atoms with van der Waals surface area (Å²) in [4.78, 5) is 11.4. The molecule has 5 heteroatoms. The Labute approximate surface area is 97.3 Å². The first-order valence-corrected chi connectivity index (χ1v) is 6.01. The SMILES string of the molecule is CCCN(CC(=O)OCC)N1CCOCC1. The van der Waals surface area contributed by atoms with Crippen LogP contribution in [-0.2, 0) is 14.3 Å². The van der Waals surface area contributed by atoms with Gasteiger partial charge in [-0.15, -0.1) is 0 Å². The summed E-state index contributed by atoms with van der Waals surface area (Å²) < 4.78 is 10.3. The van der Waals surface area contributed by atoms with E-state index in [9.17, 15) is 4.79 Å². The van der Waals surface area contributed by atoms with Gasteiger partial charge in [0.1, 0.15) is 6.54 Å². The second kappa shape index (κ2) is 7.60. The fraction of sp³-hybridized carbons (Fsp3) is 0.909. The molecule has 1 aliphatic heterocycles. The Bertz CT molecular complexity index is 205. The average molecular weight is 230 g/mol. The van der Waals surface area contributed by atoms with Gasteiger partial charge < -0.3 is 9.47 Å². The standard InChI is InChI=1S/C11H22N2O3/c1-3-5-13(10-11(14)16-4-2)12-6-8-15-9-7-12/h3-10H2,1-2H3. The number of morpholine rings is 1. The number of ether oxygens (including phenoxy) is 2. The summed E-state index contributed by atoms with van der Waals surface area (Å²) in [6, 6.07) is 0. The zero-order valence-corrected chi connectivity index (χ0v) is 10.3. The van der Waals surface area contributed by atoms with Crippen LogP contribution in [0.3, 0.4) is 0 Å². The highest BCUT2D eigenvalue weighted by Crippen LogP contribution is 2.04. The predicted molar refractivity (Wildman–Crippen MR) is 60.9 cm³/mol. The Hall–Kier alpha value is -0.650. The van der Waals surface area contributed by atoms with E-state index < -0.39 is 0 Å². The number of carbonyl (C=O) groups excluding carboxylic acids is 1. The van der Waals surface area contributed by atoms with Crippen LogP contribution in [0.4, 0.5) is 0 Å². The minimum atomic E-state index is -0.151. The van der Waals surface area contributed by atoms with Crippen LogP contribution in [0.2, 0.25) is 0 Å². The fourth-order valence-electron chi connectivity index (χ4n) is 1.77. The largest absolute Gasteiger partial charge is 0.465 e. The quantitative estimate of drug-likeness (QED) is 0.622. The van der Waals surface area contributed by atoms with Gasteiger partial charge in [-0.05, 0) is 13.3 Å². The van der Waals surface area contributed by atoms with Crippen molar-refractivity contribution >= 4 is 5.97 Å². The van der Waals surface area contributed by atoms with Gasteiger partial charge in [-0.1, -0.05) is 6.92 Å². The molecule has 0 saturated carbocycles. The van der Waals surface area contributed by atoms with Gasteiger partial charge in [0.15, 0.2) is 0 Å². The molecule has 0 radical (unpaired) electrons. The fourth-order valence-corrected chi connectivity index (χ4v) is 1.77. The normalized spacial score (nSPS) is 17.7. The van der Waals surface area contributed by atoms with E-state index in [1.165, 1.54) is 0 Å². The van der Waals surface area contributed by atoms with E-state index in [0.29, 0.717) is 13.2 Å². The molecule has 0 aromatic rings. The van der Waals surface area contributed by atoms with E-state index in [4.69, 9.17) is 9.47 Å². The van der Waals surface area contributed by atoms with Crippen molar-refractivity contribution in [1.82, 2.24) is 10.0 Å². The van der Waals surface area contributed by atoms with Crippen molar-refractivity contribution in [1.29, 1.82) is 0 Å². The van der Waals surface area contributed by atoms with E-state index in [1.807, 2.05) is 6.92 Å². The molecule has 94 valence electrons. The lowest BCUT2D eigenvalue weighted by molar-refractivity contribution is -0.154. The van der Waals surface area contributed by atoms with Crippen LogP contribution in [-0.4, -0.2) is 62.0 Å². The maximum atomic E-state index is 11.4. The molecular formula is C11H22N2O3. The molecule has 1 fully saturated rings. The van der Waals surface area contributed by atoms with Crippen molar-refractivity contribution in [2.24, 2.45) is 0 Å². The highest BCUT2D eigenvalue weighted by molar-refractivity contribution is 5.71. The zero-order valence-electron chi connectivity index (χ0n) is 10.3. The third-order valence-electron chi connectivity index (χ3n) is 2.49. The van der Waals surface area contributed by atoms with Gasteiger partial charge in [-0.2, -0.15) is 0 Å². The van der Waals surface area contributed by atoms with Gasteiger partial charge in [-0.25, -0.2) is 10.0 Å². The third-order valence-corrected chi connectivity index (χ3v) is 2.49. The van der Waals surface area contributed by atoms with Crippen LogP contribution in [0.5, 0.6) is 0 Å². The van der Waals surface area contributed by atoms with E-state index in [2.05, 4.69) is 16.9 Å². The van der Waals surface area contributed by atoms with Gasteiger partial charge in [0.05, 0.1) is 19.8 Å². The Morgan fingerprint density at radius 2 is 2.06 bits per heavy atom. The highest BCUT2D eigenvalue weighted by atomic mass is 16.5. The van der Waals surface area contributed by atoms with Gasteiger partial charge in [0.25, 0.3) is 0 Å². The molecule has 0 atom stereocenters. The van der Waals surface area contributed by atoms with Crippen LogP contribution >= 0.6 is 0 Å². The molecule has 1 heterocycles. The number of hydrogen-bond donors (Lipinski definition) is 0. The Morgan fingerprint density at radius 3 is 2.62 bits per heavy atom. The summed E-state index contributed by atoms with van der Waals surface area (Å²) in [5, 5.41) is 4.25. The van der Waals surface area contributed by atoms with E-state index in [1.54, 1.807) is 0 Å². The Morgan fingerprint density at radius 1 is 1.38 bits per heavy atom. The first-order chi connectivity index (χ1) is 7.77. The highest BCUT2D eigenvalue weighted by Gasteiger charge is 2.20. The first-order valence-electron chi connectivity index (χ1n) is 6.01. The topological polar surface area (TPSA) is 42.0 Å². The van der Waals surface area contributed by atoms with Crippen molar-refractivity contribution in [2.75, 3.05) is 46.0 Å². The van der Waals surface area contributed by atoms with Crippen molar-refractivity contribution in [3.05, 3.63) is 0 Å². The minimum Gasteiger partial charge on any atom is -0.465 e. The summed E-state index contributed by atoms with van der Waals surface area (Å²) >= 11 is 0. The van der Waals surface area contributed by atoms with Gasteiger partial charge in [0, 0.05) is 19.6 Å². The molecule has 0 aromatic heterocycles. The first kappa shape index (κ1) is 13.4. The number of carbonyl (C=O) groups is 1. The molecule has 0 N–H and O–H groups in total. The lowest BCUT2D eigenvalue weighted by Gasteiger charge is -2.36. The zero-order chi connectivity index (χ0) is 11.8. The van der Waals surface area contributed by atoms with Crippen LogP contribution in [0.15, 0.2) is 0 Å². The third kappa shape index (κ3) is 4.47. The number of esters is 1. The van der Waals surface area contributed by atoms with Gasteiger partial charge >= 0.3 is 5.97 Å². The maximum absolute atomic E-state index is 11.4. The van der Waals surface area contributed by atoms with Crippen LogP contribution in [0.25, 0.3) is 0 Å². The molecule has 0 aliphatic carbocycles. The average Bonchev–Trinajstić information content (AvgIpc) is 2.30. The lowest BCUT2D eigenvalue weighted by Crippen LogP contribution is -2.51. The second-order valence-corrected chi connectivity index (χ2v) is 3.76. The maximum Gasteiger partial charge on any atom is 0.321 e. The molecule has 0 unspecified atom stereocenters. The van der Waals surface area contributed by atoms with E-state index >= 15 is 0 Å². The van der Waals surface area contributed by atoms with Gasteiger partial charge in [-0.3, -0.25) is 4.79 Å². The molecule has 0 amide bonds. The van der Waals surface area contributed by atoms with Crippen molar-refractivity contribution in [2.45, 2.75) is 20.3 Å². The summed E-state index contributed by atoms with van der Waals surface area (Å²) in [5.41, 5.74) is 0. The molecule has 0 bridgehead atoms. The number of hydrazine groups is 1. The molecular weight excluding hydrogens is 208 g/mol. The summed E-state index contributed by atoms with van der Waals surface area (Å²) in [6.07, 6.45) is 1.02.